The first-order chi connectivity index (χ1) is 8.40. The Hall–Kier alpha value is -1.74. The predicted octanol–water partition coefficient (Wildman–Crippen LogP) is 2.02. The molecule has 0 fully saturated rings. The molecule has 1 heterocycles. The third-order valence-corrected chi connectivity index (χ3v) is 2.82. The zero-order valence-corrected chi connectivity index (χ0v) is 10.0. The molecule has 1 aromatic carbocycles. The van der Waals surface area contributed by atoms with Crippen LogP contribution in [-0.4, -0.2) is 23.6 Å². The standard InChI is InChI=1S/C14H17N3/c1-15-10-14(13-5-3-2-4-6-13)7-12-8-16-11-17-9-12/h2-6,8-9,11,14-15H,7,10H2,1H3. The van der Waals surface area contributed by atoms with Crippen molar-refractivity contribution in [1.82, 2.24) is 15.3 Å². The maximum Gasteiger partial charge on any atom is 0.115 e. The minimum Gasteiger partial charge on any atom is -0.319 e. The average molecular weight is 227 g/mol. The van der Waals surface area contributed by atoms with Crippen molar-refractivity contribution in [3.8, 4) is 0 Å². The van der Waals surface area contributed by atoms with Gasteiger partial charge in [-0.3, -0.25) is 0 Å². The van der Waals surface area contributed by atoms with E-state index in [1.54, 1.807) is 6.33 Å². The lowest BCUT2D eigenvalue weighted by molar-refractivity contribution is 0.623. The van der Waals surface area contributed by atoms with Gasteiger partial charge in [0.2, 0.25) is 0 Å². The lowest BCUT2D eigenvalue weighted by Gasteiger charge is -2.16. The summed E-state index contributed by atoms with van der Waals surface area (Å²) in [5.41, 5.74) is 2.53. The Bertz CT molecular complexity index is 428. The molecule has 0 spiro atoms. The highest BCUT2D eigenvalue weighted by Crippen LogP contribution is 2.19. The Morgan fingerprint density at radius 1 is 1.12 bits per heavy atom. The summed E-state index contributed by atoms with van der Waals surface area (Å²) in [7, 11) is 1.98. The molecule has 17 heavy (non-hydrogen) atoms. The lowest BCUT2D eigenvalue weighted by Crippen LogP contribution is -2.19. The number of benzene rings is 1. The summed E-state index contributed by atoms with van der Waals surface area (Å²) in [5.74, 6) is 0.465. The van der Waals surface area contributed by atoms with Gasteiger partial charge in [0, 0.05) is 24.9 Å². The minimum absolute atomic E-state index is 0.465. The van der Waals surface area contributed by atoms with Crippen molar-refractivity contribution in [3.05, 3.63) is 60.2 Å². The van der Waals surface area contributed by atoms with Crippen LogP contribution in [0.5, 0.6) is 0 Å². The molecule has 88 valence electrons. The third kappa shape index (κ3) is 3.36. The molecule has 0 aliphatic rings. The summed E-state index contributed by atoms with van der Waals surface area (Å²) < 4.78 is 0. The van der Waals surface area contributed by atoms with Crippen LogP contribution in [-0.2, 0) is 6.42 Å². The van der Waals surface area contributed by atoms with Crippen LogP contribution < -0.4 is 5.32 Å². The SMILES string of the molecule is CNCC(Cc1cncnc1)c1ccccc1. The van der Waals surface area contributed by atoms with Gasteiger partial charge in [-0.2, -0.15) is 0 Å². The van der Waals surface area contributed by atoms with E-state index in [0.717, 1.165) is 13.0 Å². The van der Waals surface area contributed by atoms with Crippen LogP contribution in [0.25, 0.3) is 0 Å². The molecule has 3 nitrogen and oxygen atoms in total. The van der Waals surface area contributed by atoms with E-state index >= 15 is 0 Å². The highest BCUT2D eigenvalue weighted by Gasteiger charge is 2.11. The Morgan fingerprint density at radius 3 is 2.47 bits per heavy atom. The van der Waals surface area contributed by atoms with Crippen LogP contribution in [0.1, 0.15) is 17.0 Å². The molecular formula is C14H17N3. The van der Waals surface area contributed by atoms with Crippen LogP contribution in [0.15, 0.2) is 49.1 Å². The molecule has 1 atom stereocenters. The molecule has 0 saturated heterocycles. The van der Waals surface area contributed by atoms with E-state index in [4.69, 9.17) is 0 Å². The zero-order chi connectivity index (χ0) is 11.9. The first-order valence-electron chi connectivity index (χ1n) is 5.83. The van der Waals surface area contributed by atoms with Crippen LogP contribution in [0.2, 0.25) is 0 Å². The van der Waals surface area contributed by atoms with Gasteiger partial charge in [0.05, 0.1) is 0 Å². The van der Waals surface area contributed by atoms with E-state index in [1.807, 2.05) is 25.5 Å². The van der Waals surface area contributed by atoms with Crippen molar-refractivity contribution in [3.63, 3.8) is 0 Å². The quantitative estimate of drug-likeness (QED) is 0.849. The average Bonchev–Trinajstić information content (AvgIpc) is 2.40. The molecule has 0 radical (unpaired) electrons. The molecule has 3 heteroatoms. The van der Waals surface area contributed by atoms with E-state index in [2.05, 4.69) is 39.6 Å². The van der Waals surface area contributed by atoms with E-state index in [9.17, 15) is 0 Å². The maximum absolute atomic E-state index is 4.06. The molecule has 0 saturated carbocycles. The van der Waals surface area contributed by atoms with Crippen LogP contribution in [0.4, 0.5) is 0 Å². The number of likely N-dealkylation sites (N-methyl/N-ethyl adjacent to an activating group) is 1. The third-order valence-electron chi connectivity index (χ3n) is 2.82. The zero-order valence-electron chi connectivity index (χ0n) is 10.0. The van der Waals surface area contributed by atoms with Crippen LogP contribution >= 0.6 is 0 Å². The molecule has 0 aliphatic heterocycles. The fourth-order valence-corrected chi connectivity index (χ4v) is 2.00. The topological polar surface area (TPSA) is 37.8 Å². The van der Waals surface area contributed by atoms with Crippen molar-refractivity contribution in [2.45, 2.75) is 12.3 Å². The van der Waals surface area contributed by atoms with Gasteiger partial charge in [-0.1, -0.05) is 30.3 Å². The summed E-state index contributed by atoms with van der Waals surface area (Å²) >= 11 is 0. The Kier molecular flexibility index (Phi) is 4.22. The van der Waals surface area contributed by atoms with Crippen molar-refractivity contribution >= 4 is 0 Å². The number of rotatable bonds is 5. The van der Waals surface area contributed by atoms with Gasteiger partial charge in [0.1, 0.15) is 6.33 Å². The van der Waals surface area contributed by atoms with Crippen LogP contribution in [0.3, 0.4) is 0 Å². The highest BCUT2D eigenvalue weighted by atomic mass is 14.8. The normalized spacial score (nSPS) is 12.3. The van der Waals surface area contributed by atoms with Gasteiger partial charge >= 0.3 is 0 Å². The number of hydrogen-bond acceptors (Lipinski definition) is 3. The van der Waals surface area contributed by atoms with E-state index < -0.39 is 0 Å². The van der Waals surface area contributed by atoms with Gasteiger partial charge in [-0.25, -0.2) is 9.97 Å². The van der Waals surface area contributed by atoms with Gasteiger partial charge in [-0.05, 0) is 24.6 Å². The van der Waals surface area contributed by atoms with Gasteiger partial charge < -0.3 is 5.32 Å². The van der Waals surface area contributed by atoms with Gasteiger partial charge in [-0.15, -0.1) is 0 Å². The molecule has 1 N–H and O–H groups in total. The van der Waals surface area contributed by atoms with Crippen molar-refractivity contribution in [1.29, 1.82) is 0 Å². The number of nitrogens with one attached hydrogen (secondary N) is 1. The second-order valence-electron chi connectivity index (χ2n) is 4.12. The van der Waals surface area contributed by atoms with Gasteiger partial charge in [0.25, 0.3) is 0 Å². The first kappa shape index (κ1) is 11.7. The molecule has 1 aromatic heterocycles. The second-order valence-corrected chi connectivity index (χ2v) is 4.12. The number of aromatic nitrogens is 2. The monoisotopic (exact) mass is 227 g/mol. The summed E-state index contributed by atoms with van der Waals surface area (Å²) in [6.45, 7) is 0.957. The smallest absolute Gasteiger partial charge is 0.115 e. The largest absolute Gasteiger partial charge is 0.319 e. The van der Waals surface area contributed by atoms with E-state index in [0.29, 0.717) is 5.92 Å². The fourth-order valence-electron chi connectivity index (χ4n) is 2.00. The van der Waals surface area contributed by atoms with E-state index in [-0.39, 0.29) is 0 Å². The van der Waals surface area contributed by atoms with Gasteiger partial charge in [0.15, 0.2) is 0 Å². The molecule has 0 aliphatic carbocycles. The molecule has 2 aromatic rings. The first-order valence-corrected chi connectivity index (χ1v) is 5.83. The number of hydrogen-bond donors (Lipinski definition) is 1. The number of nitrogens with zero attached hydrogens (tertiary/aromatic N) is 2. The molecular weight excluding hydrogens is 210 g/mol. The predicted molar refractivity (Wildman–Crippen MR) is 68.8 cm³/mol. The molecule has 2 rings (SSSR count). The second kappa shape index (κ2) is 6.11. The molecule has 0 amide bonds. The molecule has 1 unspecified atom stereocenters. The summed E-state index contributed by atoms with van der Waals surface area (Å²) in [4.78, 5) is 8.12. The summed E-state index contributed by atoms with van der Waals surface area (Å²) in [6.07, 6.45) is 6.31. The minimum atomic E-state index is 0.465. The Morgan fingerprint density at radius 2 is 1.82 bits per heavy atom. The maximum atomic E-state index is 4.06. The Balaban J connectivity index is 2.13. The summed E-state index contributed by atoms with van der Waals surface area (Å²) in [5, 5.41) is 3.25. The highest BCUT2D eigenvalue weighted by molar-refractivity contribution is 5.22. The van der Waals surface area contributed by atoms with Crippen molar-refractivity contribution in [2.75, 3.05) is 13.6 Å². The van der Waals surface area contributed by atoms with Crippen LogP contribution in [0, 0.1) is 0 Å². The van der Waals surface area contributed by atoms with E-state index in [1.165, 1.54) is 11.1 Å². The lowest BCUT2D eigenvalue weighted by atomic mass is 9.93. The summed E-state index contributed by atoms with van der Waals surface area (Å²) in [6, 6.07) is 10.6. The Labute approximate surface area is 102 Å². The van der Waals surface area contributed by atoms with Crippen molar-refractivity contribution < 1.29 is 0 Å². The van der Waals surface area contributed by atoms with Crippen molar-refractivity contribution in [2.24, 2.45) is 0 Å². The fraction of sp³-hybridized carbons (Fsp3) is 0.286. The molecule has 0 bridgehead atoms.